The first-order valence-corrected chi connectivity index (χ1v) is 8.99. The number of halogens is 1. The van der Waals surface area contributed by atoms with Gasteiger partial charge in [-0.25, -0.2) is 4.39 Å². The van der Waals surface area contributed by atoms with Gasteiger partial charge in [0.15, 0.2) is 0 Å². The summed E-state index contributed by atoms with van der Waals surface area (Å²) in [4.78, 5) is 10.8. The second-order valence-electron chi connectivity index (χ2n) is 6.18. The van der Waals surface area contributed by atoms with Crippen LogP contribution in [0, 0.1) is 0 Å². The standard InChI is InChI=1S/C17H36FN3O4/c1-5-19-6-9-23-10-7-20-8-11-24-12-13-25-17(3,4)16(18)14-21-15(2)22/h16,19-20H,5-14H2,1-4H3,(H,21,22). The summed E-state index contributed by atoms with van der Waals surface area (Å²) in [5.74, 6) is -0.252. The van der Waals surface area contributed by atoms with Gasteiger partial charge >= 0.3 is 0 Å². The molecule has 0 radical (unpaired) electrons. The molecule has 0 aliphatic rings. The summed E-state index contributed by atoms with van der Waals surface area (Å²) >= 11 is 0. The fraction of sp³-hybridized carbons (Fsp3) is 0.941. The van der Waals surface area contributed by atoms with Crippen LogP contribution >= 0.6 is 0 Å². The maximum absolute atomic E-state index is 14.0. The molecule has 0 aromatic heterocycles. The Morgan fingerprint density at radius 3 is 2.12 bits per heavy atom. The zero-order valence-electron chi connectivity index (χ0n) is 16.2. The third-order valence-corrected chi connectivity index (χ3v) is 3.51. The molecule has 8 heteroatoms. The average molecular weight is 365 g/mol. The van der Waals surface area contributed by atoms with E-state index in [1.165, 1.54) is 6.92 Å². The molecule has 0 spiro atoms. The fourth-order valence-electron chi connectivity index (χ4n) is 1.87. The number of hydrogen-bond donors (Lipinski definition) is 3. The smallest absolute Gasteiger partial charge is 0.216 e. The van der Waals surface area contributed by atoms with Crippen LogP contribution in [0.3, 0.4) is 0 Å². The van der Waals surface area contributed by atoms with Crippen LogP contribution in [0.15, 0.2) is 0 Å². The summed E-state index contributed by atoms with van der Waals surface area (Å²) in [5, 5.41) is 8.86. The van der Waals surface area contributed by atoms with Gasteiger partial charge in [0.25, 0.3) is 0 Å². The molecule has 0 rings (SSSR count). The molecule has 1 amide bonds. The van der Waals surface area contributed by atoms with Crippen molar-refractivity contribution >= 4 is 5.91 Å². The number of carbonyl (C=O) groups is 1. The Morgan fingerprint density at radius 1 is 1.00 bits per heavy atom. The molecule has 0 aromatic carbocycles. The van der Waals surface area contributed by atoms with Crippen LogP contribution < -0.4 is 16.0 Å². The molecule has 1 unspecified atom stereocenters. The number of carbonyl (C=O) groups excluding carboxylic acids is 1. The first-order valence-electron chi connectivity index (χ1n) is 8.99. The van der Waals surface area contributed by atoms with Crippen LogP contribution in [-0.4, -0.2) is 83.4 Å². The number of alkyl halides is 1. The summed E-state index contributed by atoms with van der Waals surface area (Å²) in [6, 6.07) is 0. The van der Waals surface area contributed by atoms with Crippen LogP contribution in [0.1, 0.15) is 27.7 Å². The van der Waals surface area contributed by atoms with Crippen LogP contribution in [-0.2, 0) is 19.0 Å². The number of nitrogens with one attached hydrogen (secondary N) is 3. The van der Waals surface area contributed by atoms with E-state index in [9.17, 15) is 9.18 Å². The van der Waals surface area contributed by atoms with Gasteiger partial charge in [-0.3, -0.25) is 4.79 Å². The molecule has 7 nitrogen and oxygen atoms in total. The minimum absolute atomic E-state index is 0.0519. The molecule has 0 aliphatic heterocycles. The Balaban J connectivity index is 3.43. The van der Waals surface area contributed by atoms with Gasteiger partial charge in [0.05, 0.1) is 45.2 Å². The largest absolute Gasteiger partial charge is 0.379 e. The van der Waals surface area contributed by atoms with E-state index >= 15 is 0 Å². The van der Waals surface area contributed by atoms with Crippen molar-refractivity contribution in [2.75, 3.05) is 65.8 Å². The van der Waals surface area contributed by atoms with Crippen molar-refractivity contribution in [1.29, 1.82) is 0 Å². The summed E-state index contributed by atoms with van der Waals surface area (Å²) in [7, 11) is 0. The van der Waals surface area contributed by atoms with Crippen molar-refractivity contribution in [3.63, 3.8) is 0 Å². The average Bonchev–Trinajstić information content (AvgIpc) is 2.56. The number of likely N-dealkylation sites (N-methyl/N-ethyl adjacent to an activating group) is 1. The van der Waals surface area contributed by atoms with Crippen molar-refractivity contribution in [3.05, 3.63) is 0 Å². The summed E-state index contributed by atoms with van der Waals surface area (Å²) in [5.41, 5.74) is -0.964. The SMILES string of the molecule is CCNCCOCCNCCOCCOC(C)(C)C(F)CNC(C)=O. The number of ether oxygens (including phenoxy) is 3. The molecule has 1 atom stereocenters. The first kappa shape index (κ1) is 24.2. The third-order valence-electron chi connectivity index (χ3n) is 3.51. The maximum atomic E-state index is 14.0. The van der Waals surface area contributed by atoms with Crippen LogP contribution in [0.4, 0.5) is 4.39 Å². The lowest BCUT2D eigenvalue weighted by Gasteiger charge is -2.29. The lowest BCUT2D eigenvalue weighted by atomic mass is 10.0. The van der Waals surface area contributed by atoms with E-state index in [2.05, 4.69) is 22.9 Å². The van der Waals surface area contributed by atoms with Crippen molar-refractivity contribution in [2.24, 2.45) is 0 Å². The highest BCUT2D eigenvalue weighted by molar-refractivity contribution is 5.72. The zero-order chi connectivity index (χ0) is 19.0. The Bertz CT molecular complexity index is 333. The van der Waals surface area contributed by atoms with Crippen molar-refractivity contribution in [3.8, 4) is 0 Å². The topological polar surface area (TPSA) is 80.8 Å². The lowest BCUT2D eigenvalue weighted by Crippen LogP contribution is -2.44. The molecule has 0 heterocycles. The number of hydrogen-bond acceptors (Lipinski definition) is 6. The normalized spacial score (nSPS) is 13.0. The molecule has 3 N–H and O–H groups in total. The quantitative estimate of drug-likeness (QED) is 0.326. The van der Waals surface area contributed by atoms with E-state index in [0.717, 1.165) is 32.8 Å². The molecular weight excluding hydrogens is 329 g/mol. The monoisotopic (exact) mass is 365 g/mol. The minimum Gasteiger partial charge on any atom is -0.379 e. The first-order chi connectivity index (χ1) is 11.9. The van der Waals surface area contributed by atoms with Crippen LogP contribution in [0.2, 0.25) is 0 Å². The Kier molecular flexibility index (Phi) is 15.0. The van der Waals surface area contributed by atoms with Crippen LogP contribution in [0.5, 0.6) is 0 Å². The fourth-order valence-corrected chi connectivity index (χ4v) is 1.87. The van der Waals surface area contributed by atoms with E-state index in [-0.39, 0.29) is 12.5 Å². The van der Waals surface area contributed by atoms with Crippen LogP contribution in [0.25, 0.3) is 0 Å². The molecule has 25 heavy (non-hydrogen) atoms. The van der Waals surface area contributed by atoms with Crippen molar-refractivity contribution in [2.45, 2.75) is 39.5 Å². The molecule has 150 valence electrons. The molecule has 0 fully saturated rings. The predicted molar refractivity (Wildman–Crippen MR) is 96.7 cm³/mol. The Morgan fingerprint density at radius 2 is 1.56 bits per heavy atom. The van der Waals surface area contributed by atoms with Gasteiger partial charge in [0.2, 0.25) is 5.91 Å². The molecule has 0 bridgehead atoms. The molecular formula is C17H36FN3O4. The lowest BCUT2D eigenvalue weighted by molar-refractivity contribution is -0.120. The van der Waals surface area contributed by atoms with E-state index in [1.807, 2.05) is 0 Å². The van der Waals surface area contributed by atoms with E-state index in [4.69, 9.17) is 14.2 Å². The Labute approximate surface area is 151 Å². The van der Waals surface area contributed by atoms with Gasteiger partial charge in [0.1, 0.15) is 6.17 Å². The van der Waals surface area contributed by atoms with E-state index in [0.29, 0.717) is 26.4 Å². The third kappa shape index (κ3) is 15.2. The highest BCUT2D eigenvalue weighted by Gasteiger charge is 2.30. The second kappa shape index (κ2) is 15.5. The predicted octanol–water partition coefficient (Wildman–Crippen LogP) is 0.488. The molecule has 0 saturated heterocycles. The highest BCUT2D eigenvalue weighted by Crippen LogP contribution is 2.17. The van der Waals surface area contributed by atoms with Gasteiger partial charge in [-0.2, -0.15) is 0 Å². The van der Waals surface area contributed by atoms with Gasteiger partial charge < -0.3 is 30.2 Å². The molecule has 0 aromatic rings. The summed E-state index contributed by atoms with van der Waals surface area (Å²) < 4.78 is 30.4. The minimum atomic E-state index is -1.27. The van der Waals surface area contributed by atoms with Crippen molar-refractivity contribution in [1.82, 2.24) is 16.0 Å². The van der Waals surface area contributed by atoms with Gasteiger partial charge in [-0.15, -0.1) is 0 Å². The molecule has 0 saturated carbocycles. The van der Waals surface area contributed by atoms with Gasteiger partial charge in [0, 0.05) is 26.6 Å². The summed E-state index contributed by atoms with van der Waals surface area (Å²) in [6.07, 6.45) is -1.27. The summed E-state index contributed by atoms with van der Waals surface area (Å²) in [6.45, 7) is 12.7. The van der Waals surface area contributed by atoms with Crippen molar-refractivity contribution < 1.29 is 23.4 Å². The maximum Gasteiger partial charge on any atom is 0.216 e. The van der Waals surface area contributed by atoms with Gasteiger partial charge in [-0.05, 0) is 20.4 Å². The number of amides is 1. The van der Waals surface area contributed by atoms with Gasteiger partial charge in [-0.1, -0.05) is 6.92 Å². The Hall–Kier alpha value is -0.800. The highest BCUT2D eigenvalue weighted by atomic mass is 19.1. The van der Waals surface area contributed by atoms with E-state index < -0.39 is 11.8 Å². The second-order valence-corrected chi connectivity index (χ2v) is 6.18. The van der Waals surface area contributed by atoms with E-state index in [1.54, 1.807) is 13.8 Å². The number of rotatable bonds is 17. The molecule has 0 aliphatic carbocycles. The zero-order valence-corrected chi connectivity index (χ0v) is 16.2.